The second-order valence-electron chi connectivity index (χ2n) is 10.7. The second-order valence-corrected chi connectivity index (χ2v) is 10.7. The molecule has 0 amide bonds. The molecule has 0 rings (SSSR count). The van der Waals surface area contributed by atoms with Crippen LogP contribution in [0, 0.1) is 30.6 Å². The van der Waals surface area contributed by atoms with Crippen molar-refractivity contribution in [1.29, 1.82) is 0 Å². The van der Waals surface area contributed by atoms with Crippen LogP contribution < -0.4 is 0 Å². The van der Waals surface area contributed by atoms with Gasteiger partial charge in [0.05, 0.1) is 12.2 Å². The van der Waals surface area contributed by atoms with E-state index >= 15 is 0 Å². The summed E-state index contributed by atoms with van der Waals surface area (Å²) in [5, 5.41) is 38.1. The molecule has 0 aromatic carbocycles. The summed E-state index contributed by atoms with van der Waals surface area (Å²) in [5.74, 6) is 5.23. The van der Waals surface area contributed by atoms with Gasteiger partial charge >= 0.3 is 0 Å². The van der Waals surface area contributed by atoms with Gasteiger partial charge in [-0.15, -0.1) is 12.8 Å². The van der Waals surface area contributed by atoms with Crippen molar-refractivity contribution in [2.24, 2.45) is 5.92 Å². The first-order valence-corrected chi connectivity index (χ1v) is 14.9. The first-order valence-electron chi connectivity index (χ1n) is 14.9. The monoisotopic (exact) mass is 516 g/mol. The predicted molar refractivity (Wildman–Crippen MR) is 157 cm³/mol. The van der Waals surface area contributed by atoms with E-state index in [1.54, 1.807) is 12.2 Å². The Labute approximate surface area is 228 Å². The quantitative estimate of drug-likeness (QED) is 0.0607. The molecule has 0 spiro atoms. The van der Waals surface area contributed by atoms with Crippen molar-refractivity contribution in [3.63, 3.8) is 0 Å². The van der Waals surface area contributed by atoms with Crippen molar-refractivity contribution in [3.8, 4) is 24.7 Å². The SMILES string of the molecule is C#CC(O)C=CC(O)CCCCCCCCCCCCC(C)CCCCCCCC(O)C=CC(O)C#C. The van der Waals surface area contributed by atoms with E-state index in [1.807, 2.05) is 0 Å². The van der Waals surface area contributed by atoms with Gasteiger partial charge in [0.2, 0.25) is 0 Å². The third kappa shape index (κ3) is 25.9. The van der Waals surface area contributed by atoms with Gasteiger partial charge in [-0.1, -0.05) is 140 Å². The molecule has 4 N–H and O–H groups in total. The Bertz CT molecular complexity index is 642. The van der Waals surface area contributed by atoms with Gasteiger partial charge in [0.15, 0.2) is 0 Å². The molecule has 0 aromatic rings. The minimum Gasteiger partial charge on any atom is -0.389 e. The largest absolute Gasteiger partial charge is 0.389 e. The minimum atomic E-state index is -0.900. The molecule has 0 heterocycles. The summed E-state index contributed by atoms with van der Waals surface area (Å²) in [7, 11) is 0. The predicted octanol–water partition coefficient (Wildman–Crippen LogP) is 6.86. The zero-order valence-corrected chi connectivity index (χ0v) is 23.6. The number of hydrogen-bond donors (Lipinski definition) is 4. The summed E-state index contributed by atoms with van der Waals surface area (Å²) in [4.78, 5) is 0. The topological polar surface area (TPSA) is 80.9 Å². The summed E-state index contributed by atoms with van der Waals surface area (Å²) in [6, 6.07) is 0. The fraction of sp³-hybridized carbons (Fsp3) is 0.758. The Morgan fingerprint density at radius 1 is 0.459 bits per heavy atom. The van der Waals surface area contributed by atoms with E-state index in [0.717, 1.165) is 44.4 Å². The van der Waals surface area contributed by atoms with Crippen LogP contribution in [0.4, 0.5) is 0 Å². The van der Waals surface area contributed by atoms with Crippen LogP contribution in [0.15, 0.2) is 24.3 Å². The number of aliphatic hydroxyl groups is 4. The minimum absolute atomic E-state index is 0.507. The summed E-state index contributed by atoms with van der Waals surface area (Å²) in [6.07, 6.45) is 36.4. The number of aliphatic hydroxyl groups excluding tert-OH is 4. The molecule has 0 fully saturated rings. The molecule has 0 aromatic heterocycles. The molecule has 0 aliphatic rings. The van der Waals surface area contributed by atoms with Crippen LogP contribution in [-0.4, -0.2) is 44.8 Å². The lowest BCUT2D eigenvalue weighted by Gasteiger charge is -2.11. The number of terminal acetylenes is 2. The average molecular weight is 517 g/mol. The van der Waals surface area contributed by atoms with Gasteiger partial charge in [-0.3, -0.25) is 0 Å². The molecule has 0 bridgehead atoms. The maximum absolute atomic E-state index is 9.83. The summed E-state index contributed by atoms with van der Waals surface area (Å²) < 4.78 is 0. The molecule has 4 nitrogen and oxygen atoms in total. The maximum Gasteiger partial charge on any atom is 0.133 e. The van der Waals surface area contributed by atoms with Crippen LogP contribution in [0.5, 0.6) is 0 Å². The zero-order chi connectivity index (χ0) is 27.6. The molecule has 4 heteroatoms. The summed E-state index contributed by atoms with van der Waals surface area (Å²) in [5.41, 5.74) is 0. The van der Waals surface area contributed by atoms with Gasteiger partial charge in [-0.05, 0) is 30.9 Å². The van der Waals surface area contributed by atoms with Crippen molar-refractivity contribution in [3.05, 3.63) is 24.3 Å². The molecule has 0 aliphatic carbocycles. The lowest BCUT2D eigenvalue weighted by atomic mass is 9.95. The van der Waals surface area contributed by atoms with E-state index in [2.05, 4.69) is 18.8 Å². The standard InChI is InChI=1S/C33H56O4/c1-4-30(34)25-27-32(36)23-19-15-11-9-7-6-8-10-13-17-21-29(3)22-18-14-12-16-20-24-33(37)28-26-31(35)5-2/h1-2,25-37H,6-24H2,3H3. The number of rotatable bonds is 25. The van der Waals surface area contributed by atoms with Crippen LogP contribution >= 0.6 is 0 Å². The lowest BCUT2D eigenvalue weighted by molar-refractivity contribution is 0.204. The molecule has 0 aliphatic heterocycles. The fourth-order valence-corrected chi connectivity index (χ4v) is 4.55. The van der Waals surface area contributed by atoms with E-state index in [9.17, 15) is 20.4 Å². The molecule has 0 saturated heterocycles. The Morgan fingerprint density at radius 2 is 0.730 bits per heavy atom. The highest BCUT2D eigenvalue weighted by Gasteiger charge is 2.04. The normalized spacial score (nSPS) is 15.9. The molecule has 5 atom stereocenters. The molecule has 0 saturated carbocycles. The molecule has 37 heavy (non-hydrogen) atoms. The third-order valence-corrected chi connectivity index (χ3v) is 7.02. The Balaban J connectivity index is 3.38. The molecule has 0 radical (unpaired) electrons. The number of unbranched alkanes of at least 4 members (excludes halogenated alkanes) is 13. The van der Waals surface area contributed by atoms with Gasteiger partial charge in [0.1, 0.15) is 12.2 Å². The van der Waals surface area contributed by atoms with E-state index in [-0.39, 0.29) is 0 Å². The first kappa shape index (κ1) is 35.4. The Hall–Kier alpha value is -1.56. The van der Waals surface area contributed by atoms with E-state index in [1.165, 1.54) is 95.6 Å². The van der Waals surface area contributed by atoms with E-state index in [4.69, 9.17) is 12.8 Å². The summed E-state index contributed by atoms with van der Waals surface area (Å²) in [6.45, 7) is 2.39. The van der Waals surface area contributed by atoms with Crippen LogP contribution in [0.25, 0.3) is 0 Å². The van der Waals surface area contributed by atoms with Gasteiger partial charge < -0.3 is 20.4 Å². The molecule has 212 valence electrons. The average Bonchev–Trinajstić information content (AvgIpc) is 2.90. The van der Waals surface area contributed by atoms with Gasteiger partial charge in [0.25, 0.3) is 0 Å². The van der Waals surface area contributed by atoms with E-state index in [0.29, 0.717) is 0 Å². The van der Waals surface area contributed by atoms with Gasteiger partial charge in [-0.25, -0.2) is 0 Å². The smallest absolute Gasteiger partial charge is 0.133 e. The number of hydrogen-bond acceptors (Lipinski definition) is 4. The fourth-order valence-electron chi connectivity index (χ4n) is 4.55. The lowest BCUT2D eigenvalue weighted by Crippen LogP contribution is -2.04. The second kappa shape index (κ2) is 26.1. The van der Waals surface area contributed by atoms with Crippen molar-refractivity contribution in [2.75, 3.05) is 0 Å². The van der Waals surface area contributed by atoms with Gasteiger partial charge in [-0.2, -0.15) is 0 Å². The highest BCUT2D eigenvalue weighted by molar-refractivity contribution is 5.08. The Morgan fingerprint density at radius 3 is 1.03 bits per heavy atom. The van der Waals surface area contributed by atoms with Crippen LogP contribution in [-0.2, 0) is 0 Å². The van der Waals surface area contributed by atoms with Crippen molar-refractivity contribution in [1.82, 2.24) is 0 Å². The highest BCUT2D eigenvalue weighted by atomic mass is 16.3. The van der Waals surface area contributed by atoms with Crippen LogP contribution in [0.3, 0.4) is 0 Å². The maximum atomic E-state index is 9.83. The Kier molecular flexibility index (Phi) is 25.0. The first-order chi connectivity index (χ1) is 17.9. The highest BCUT2D eigenvalue weighted by Crippen LogP contribution is 2.19. The zero-order valence-electron chi connectivity index (χ0n) is 23.6. The molecular weight excluding hydrogens is 460 g/mol. The summed E-state index contributed by atoms with van der Waals surface area (Å²) >= 11 is 0. The van der Waals surface area contributed by atoms with Gasteiger partial charge in [0, 0.05) is 0 Å². The van der Waals surface area contributed by atoms with Crippen molar-refractivity contribution < 1.29 is 20.4 Å². The van der Waals surface area contributed by atoms with Crippen molar-refractivity contribution >= 4 is 0 Å². The van der Waals surface area contributed by atoms with Crippen LogP contribution in [0.2, 0.25) is 0 Å². The van der Waals surface area contributed by atoms with Crippen LogP contribution in [0.1, 0.15) is 129 Å². The van der Waals surface area contributed by atoms with E-state index < -0.39 is 24.4 Å². The molecule has 5 unspecified atom stereocenters. The molecular formula is C33H56O4. The van der Waals surface area contributed by atoms with Crippen molar-refractivity contribution in [2.45, 2.75) is 153 Å². The third-order valence-electron chi connectivity index (χ3n) is 7.02.